The minimum absolute atomic E-state index is 0.0134. The molecule has 0 unspecified atom stereocenters. The van der Waals surface area contributed by atoms with Crippen LogP contribution in [0.25, 0.3) is 17.2 Å². The molecule has 0 aliphatic heterocycles. The first-order chi connectivity index (χ1) is 49.7. The van der Waals surface area contributed by atoms with Crippen LogP contribution in [0.3, 0.4) is 0 Å². The largest absolute Gasteiger partial charge is 0.490 e. The van der Waals surface area contributed by atoms with Crippen LogP contribution in [0.15, 0.2) is 182 Å². The molecule has 0 saturated carbocycles. The van der Waals surface area contributed by atoms with Gasteiger partial charge in [0.1, 0.15) is 11.5 Å². The Hall–Kier alpha value is -11.6. The minimum Gasteiger partial charge on any atom is -0.490 e. The summed E-state index contributed by atoms with van der Waals surface area (Å²) in [6.45, 7) is 41.7. The van der Waals surface area contributed by atoms with Crippen molar-refractivity contribution in [1.29, 1.82) is 0 Å². The Morgan fingerprint density at radius 1 is 0.333 bits per heavy atom. The molecule has 0 spiro atoms. The van der Waals surface area contributed by atoms with E-state index in [1.165, 1.54) is 97.9 Å². The van der Waals surface area contributed by atoms with Crippen LogP contribution in [0.5, 0.6) is 34.5 Å². The first-order valence-electron chi connectivity index (χ1n) is 33.4. The summed E-state index contributed by atoms with van der Waals surface area (Å²) >= 11 is 0. The average molecular weight is 1450 g/mol. The molecule has 0 bridgehead atoms. The highest BCUT2D eigenvalue weighted by Crippen LogP contribution is 2.35. The highest BCUT2D eigenvalue weighted by atomic mass is 16.6. The molecule has 24 heteroatoms. The first kappa shape index (κ1) is 85.8. The lowest BCUT2D eigenvalue weighted by atomic mass is 10.0. The standard InChI is InChI=1S/C81H94O24/c1-49(2)73(83)96-41-59(42-97-74(84)50(3)4)30-34-92-68-26-23-64(39-70(68)94-36-32-61(45-100-77(87)53(9)10)46-101-78(88)54(11)12)63-21-18-58(19-22-63)20-29-72(82)105-67-28-25-66(38-57(67)17)104-81(91)65-24-27-69(93-35-31-60(43-98-75(85)51(5)6)44-99-76(86)52(7)8)71(40-65)95-37-33-62(47-102-79(89)55(13)14)48-103-80(90)56(15)16/h18-29,38-40,59-62H,1,3,5,7,9,11,13,15,30-37,41-48H2,2,4,6,8,10,12,14,16-17H3/b29-20+. The van der Waals surface area contributed by atoms with E-state index in [2.05, 4.69) is 52.6 Å². The number of aryl methyl sites for hydroxylation is 1. The molecule has 4 aromatic carbocycles. The SMILES string of the molecule is C=C(C)C(=O)OCC(CCOc1ccc(C(=O)Oc2ccc(OC(=O)/C=C/c3ccc(-c4ccc(OCCC(COC(=O)C(=C)C)COC(=O)C(=C)C)c(OCCC(COC(=O)C(=C)C)COC(=O)C(=C)C)c4)cc3)c(C)c2)cc1OCCC(COC(=O)C(=C)C)COC(=O)C(=C)C)COC(=O)C(=C)C. The average Bonchev–Trinajstić information content (AvgIpc) is 0.836. The summed E-state index contributed by atoms with van der Waals surface area (Å²) in [6, 6.07) is 21.3. The maximum atomic E-state index is 13.9. The first-order valence-corrected chi connectivity index (χ1v) is 33.4. The smallest absolute Gasteiger partial charge is 0.343 e. The number of ether oxygens (including phenoxy) is 14. The number of hydrogen-bond acceptors (Lipinski definition) is 24. The van der Waals surface area contributed by atoms with Gasteiger partial charge in [0.15, 0.2) is 23.0 Å². The van der Waals surface area contributed by atoms with Crippen molar-refractivity contribution in [3.63, 3.8) is 0 Å². The Labute approximate surface area is 612 Å². The van der Waals surface area contributed by atoms with Gasteiger partial charge in [0.25, 0.3) is 0 Å². The van der Waals surface area contributed by atoms with Crippen molar-refractivity contribution in [1.82, 2.24) is 0 Å². The third-order valence-electron chi connectivity index (χ3n) is 14.9. The fourth-order valence-corrected chi connectivity index (χ4v) is 8.58. The zero-order valence-corrected chi connectivity index (χ0v) is 61.2. The summed E-state index contributed by atoms with van der Waals surface area (Å²) < 4.78 is 79.6. The molecule has 0 aliphatic rings. The summed E-state index contributed by atoms with van der Waals surface area (Å²) in [7, 11) is 0. The summed E-state index contributed by atoms with van der Waals surface area (Å²) in [5.41, 5.74) is 4.04. The second-order valence-electron chi connectivity index (χ2n) is 25.1. The molecule has 0 aliphatic carbocycles. The van der Waals surface area contributed by atoms with E-state index in [1.807, 2.05) is 18.2 Å². The molecule has 0 radical (unpaired) electrons. The van der Waals surface area contributed by atoms with E-state index in [0.29, 0.717) is 28.2 Å². The molecular weight excluding hydrogens is 1360 g/mol. The predicted octanol–water partition coefficient (Wildman–Crippen LogP) is 13.0. The molecule has 4 rings (SSSR count). The molecule has 0 fully saturated rings. The lowest BCUT2D eigenvalue weighted by Gasteiger charge is -2.20. The molecule has 0 amide bonds. The normalized spacial score (nSPS) is 10.8. The Morgan fingerprint density at radius 2 is 0.629 bits per heavy atom. The molecule has 0 N–H and O–H groups in total. The van der Waals surface area contributed by atoms with Crippen molar-refractivity contribution < 1.29 is 114 Å². The van der Waals surface area contributed by atoms with Gasteiger partial charge in [0.2, 0.25) is 0 Å². The van der Waals surface area contributed by atoms with Gasteiger partial charge in [-0.1, -0.05) is 83.0 Å². The van der Waals surface area contributed by atoms with Gasteiger partial charge in [0, 0.05) is 74.3 Å². The van der Waals surface area contributed by atoms with Crippen molar-refractivity contribution in [3.8, 4) is 45.6 Å². The van der Waals surface area contributed by atoms with Crippen LogP contribution in [0.2, 0.25) is 0 Å². The molecule has 0 heterocycles. The van der Waals surface area contributed by atoms with Crippen LogP contribution >= 0.6 is 0 Å². The molecular formula is C81H94O24. The number of carbonyl (C=O) groups is 10. The van der Waals surface area contributed by atoms with Crippen LogP contribution < -0.4 is 28.4 Å². The van der Waals surface area contributed by atoms with Gasteiger partial charge >= 0.3 is 59.7 Å². The number of carbonyl (C=O) groups excluding carboxylic acids is 10. The molecule has 0 saturated heterocycles. The Morgan fingerprint density at radius 3 is 0.952 bits per heavy atom. The number of hydrogen-bond donors (Lipinski definition) is 0. The second kappa shape index (κ2) is 44.1. The van der Waals surface area contributed by atoms with E-state index in [1.54, 1.807) is 37.3 Å². The highest BCUT2D eigenvalue weighted by molar-refractivity contribution is 5.93. The minimum atomic E-state index is -0.803. The van der Waals surface area contributed by atoms with Gasteiger partial charge in [-0.25, -0.2) is 47.9 Å². The lowest BCUT2D eigenvalue weighted by Crippen LogP contribution is -2.23. The third kappa shape index (κ3) is 31.7. The zero-order valence-electron chi connectivity index (χ0n) is 61.2. The third-order valence-corrected chi connectivity index (χ3v) is 14.9. The van der Waals surface area contributed by atoms with E-state index >= 15 is 0 Å². The summed E-state index contributed by atoms with van der Waals surface area (Å²) in [4.78, 5) is 126. The summed E-state index contributed by atoms with van der Waals surface area (Å²) in [5.74, 6) is -7.32. The number of esters is 10. The van der Waals surface area contributed by atoms with Crippen LogP contribution in [0.1, 0.15) is 103 Å². The summed E-state index contributed by atoms with van der Waals surface area (Å²) in [6.07, 6.45) is 3.74. The second-order valence-corrected chi connectivity index (χ2v) is 25.1. The molecule has 24 nitrogen and oxygen atoms in total. The molecule has 105 heavy (non-hydrogen) atoms. The Bertz CT molecular complexity index is 3800. The van der Waals surface area contributed by atoms with Crippen molar-refractivity contribution in [3.05, 3.63) is 199 Å². The van der Waals surface area contributed by atoms with Crippen LogP contribution in [0.4, 0.5) is 0 Å². The Kier molecular flexibility index (Phi) is 36.0. The molecule has 4 aromatic rings. The number of rotatable bonds is 46. The maximum absolute atomic E-state index is 13.9. The quantitative estimate of drug-likeness (QED) is 0.0172. The topological polar surface area (TPSA) is 300 Å². The van der Waals surface area contributed by atoms with E-state index in [-0.39, 0.29) is 178 Å². The molecule has 0 aromatic heterocycles. The van der Waals surface area contributed by atoms with Crippen molar-refractivity contribution in [2.75, 3.05) is 79.3 Å². The molecule has 562 valence electrons. The van der Waals surface area contributed by atoms with E-state index < -0.39 is 83.4 Å². The van der Waals surface area contributed by atoms with Gasteiger partial charge < -0.3 is 66.3 Å². The fraction of sp³-hybridized carbons (Fsp3) is 0.358. The maximum Gasteiger partial charge on any atom is 0.343 e. The fourth-order valence-electron chi connectivity index (χ4n) is 8.58. The molecule has 0 atom stereocenters. The van der Waals surface area contributed by atoms with Crippen LogP contribution in [-0.2, 0) is 81.0 Å². The lowest BCUT2D eigenvalue weighted by molar-refractivity contribution is -0.146. The van der Waals surface area contributed by atoms with Crippen LogP contribution in [0, 0.1) is 30.6 Å². The predicted molar refractivity (Wildman–Crippen MR) is 390 cm³/mol. The van der Waals surface area contributed by atoms with Crippen molar-refractivity contribution >= 4 is 65.8 Å². The summed E-state index contributed by atoms with van der Waals surface area (Å²) in [5, 5.41) is 0. The number of benzene rings is 4. The van der Waals surface area contributed by atoms with E-state index in [4.69, 9.17) is 66.3 Å². The van der Waals surface area contributed by atoms with E-state index in [0.717, 1.165) is 5.56 Å². The van der Waals surface area contributed by atoms with Gasteiger partial charge in [-0.05, 0) is 165 Å². The van der Waals surface area contributed by atoms with Crippen LogP contribution in [-0.4, -0.2) is 139 Å². The van der Waals surface area contributed by atoms with Gasteiger partial charge in [-0.15, -0.1) is 0 Å². The van der Waals surface area contributed by atoms with Gasteiger partial charge in [0.05, 0.1) is 84.8 Å². The zero-order chi connectivity index (χ0) is 77.9. The monoisotopic (exact) mass is 1450 g/mol. The van der Waals surface area contributed by atoms with E-state index in [9.17, 15) is 47.9 Å². The Balaban J connectivity index is 1.54. The van der Waals surface area contributed by atoms with Gasteiger partial charge in [-0.2, -0.15) is 0 Å². The van der Waals surface area contributed by atoms with Crippen molar-refractivity contribution in [2.24, 2.45) is 23.7 Å². The van der Waals surface area contributed by atoms with Crippen molar-refractivity contribution in [2.45, 2.75) is 88.0 Å². The van der Waals surface area contributed by atoms with Gasteiger partial charge in [-0.3, -0.25) is 0 Å². The highest BCUT2D eigenvalue weighted by Gasteiger charge is 2.24.